The molecule has 4 bridgehead atoms. The molecule has 2 aromatic carbocycles. The SMILES string of the molecule is CC(C)CN1C[C@H]2C[C@]3(C(=O)NCc4ccccc4)N=C[C@H]2[C@H]1[C@@H]3Cc1ccccc1. The Bertz CT molecular complexity index is 941. The fourth-order valence-corrected chi connectivity index (χ4v) is 6.28. The summed E-state index contributed by atoms with van der Waals surface area (Å²) in [5.74, 6) is 1.95. The number of carbonyl (C=O) groups is 1. The number of aliphatic imine (C=N–C) groups is 1. The number of amides is 1. The summed E-state index contributed by atoms with van der Waals surface area (Å²) in [5, 5.41) is 3.25. The molecule has 0 radical (unpaired) electrons. The zero-order valence-electron chi connectivity index (χ0n) is 18.6. The molecule has 1 N–H and O–H groups in total. The Kier molecular flexibility index (Phi) is 5.43. The number of benzene rings is 2. The first-order valence-corrected chi connectivity index (χ1v) is 11.7. The number of carbonyl (C=O) groups excluding carboxylic acids is 1. The quantitative estimate of drug-likeness (QED) is 0.744. The van der Waals surface area contributed by atoms with Crippen molar-refractivity contribution in [2.75, 3.05) is 13.1 Å². The van der Waals surface area contributed by atoms with E-state index in [4.69, 9.17) is 4.99 Å². The summed E-state index contributed by atoms with van der Waals surface area (Å²) in [6, 6.07) is 21.2. The van der Waals surface area contributed by atoms with Gasteiger partial charge in [0.2, 0.25) is 5.91 Å². The zero-order valence-corrected chi connectivity index (χ0v) is 18.6. The van der Waals surface area contributed by atoms with Crippen LogP contribution in [-0.2, 0) is 17.8 Å². The summed E-state index contributed by atoms with van der Waals surface area (Å²) in [5.41, 5.74) is 1.78. The molecule has 5 atom stereocenters. The average molecular weight is 416 g/mol. The van der Waals surface area contributed by atoms with E-state index in [2.05, 4.69) is 72.7 Å². The van der Waals surface area contributed by atoms with Gasteiger partial charge in [-0.15, -0.1) is 0 Å². The van der Waals surface area contributed by atoms with Crippen LogP contribution >= 0.6 is 0 Å². The van der Waals surface area contributed by atoms with Gasteiger partial charge in [-0.05, 0) is 35.8 Å². The summed E-state index contributed by atoms with van der Waals surface area (Å²) in [6.07, 6.45) is 3.92. The van der Waals surface area contributed by atoms with Gasteiger partial charge in [0.1, 0.15) is 5.54 Å². The molecule has 3 heterocycles. The van der Waals surface area contributed by atoms with Crippen LogP contribution in [0.3, 0.4) is 0 Å². The Hall–Kier alpha value is -2.46. The maximum Gasteiger partial charge on any atom is 0.248 e. The van der Waals surface area contributed by atoms with Crippen LogP contribution in [0.25, 0.3) is 0 Å². The molecule has 1 amide bonds. The van der Waals surface area contributed by atoms with Crippen LogP contribution < -0.4 is 5.32 Å². The second-order valence-corrected chi connectivity index (χ2v) is 10.0. The largest absolute Gasteiger partial charge is 0.350 e. The van der Waals surface area contributed by atoms with Crippen LogP contribution in [0.1, 0.15) is 31.4 Å². The lowest BCUT2D eigenvalue weighted by molar-refractivity contribution is -0.132. The van der Waals surface area contributed by atoms with Crippen molar-refractivity contribution >= 4 is 12.1 Å². The molecule has 2 fully saturated rings. The minimum absolute atomic E-state index is 0.105. The summed E-state index contributed by atoms with van der Waals surface area (Å²) in [4.78, 5) is 21.4. The van der Waals surface area contributed by atoms with Gasteiger partial charge in [0.15, 0.2) is 0 Å². The molecule has 2 aromatic rings. The number of nitrogens with zero attached hydrogens (tertiary/aromatic N) is 2. The highest BCUT2D eigenvalue weighted by atomic mass is 16.2. The van der Waals surface area contributed by atoms with Crippen LogP contribution in [-0.4, -0.2) is 41.7 Å². The molecule has 0 spiro atoms. The highest BCUT2D eigenvalue weighted by Crippen LogP contribution is 2.54. The standard InChI is InChI=1S/C27H33N3O/c1-19(2)17-30-18-22-14-27(26(31)28-15-21-11-7-4-8-12-21)24(25(30)23(22)16-29-27)13-20-9-5-3-6-10-20/h3-12,16,19,22-25H,13-15,17-18H2,1-2H3,(H,28,31)/t22-,23-,24+,25+,27+/m1/s1. The molecule has 4 nitrogen and oxygen atoms in total. The summed E-state index contributed by atoms with van der Waals surface area (Å²) < 4.78 is 0. The number of rotatable bonds is 7. The predicted molar refractivity (Wildman–Crippen MR) is 125 cm³/mol. The second kappa shape index (κ2) is 8.23. The molecular weight excluding hydrogens is 382 g/mol. The first-order chi connectivity index (χ1) is 15.1. The molecule has 1 saturated heterocycles. The third-order valence-electron chi connectivity index (χ3n) is 7.49. The lowest BCUT2D eigenvalue weighted by Crippen LogP contribution is -2.64. The molecule has 0 unspecified atom stereocenters. The second-order valence-electron chi connectivity index (χ2n) is 10.0. The van der Waals surface area contributed by atoms with Crippen molar-refractivity contribution in [2.45, 2.75) is 44.8 Å². The van der Waals surface area contributed by atoms with Gasteiger partial charge in [0.25, 0.3) is 0 Å². The van der Waals surface area contributed by atoms with Crippen LogP contribution in [0.5, 0.6) is 0 Å². The molecule has 4 heteroatoms. The van der Waals surface area contributed by atoms with Crippen molar-refractivity contribution in [1.29, 1.82) is 0 Å². The highest BCUT2D eigenvalue weighted by molar-refractivity contribution is 5.91. The van der Waals surface area contributed by atoms with Crippen LogP contribution in [0, 0.1) is 23.7 Å². The highest BCUT2D eigenvalue weighted by Gasteiger charge is 2.63. The smallest absolute Gasteiger partial charge is 0.248 e. The van der Waals surface area contributed by atoms with Crippen molar-refractivity contribution in [1.82, 2.24) is 10.2 Å². The molecule has 31 heavy (non-hydrogen) atoms. The Balaban J connectivity index is 1.46. The zero-order chi connectivity index (χ0) is 21.4. The summed E-state index contributed by atoms with van der Waals surface area (Å²) in [6.45, 7) is 7.34. The van der Waals surface area contributed by atoms with E-state index < -0.39 is 5.54 Å². The first-order valence-electron chi connectivity index (χ1n) is 11.7. The number of hydrogen-bond acceptors (Lipinski definition) is 3. The Morgan fingerprint density at radius 2 is 1.77 bits per heavy atom. The van der Waals surface area contributed by atoms with Gasteiger partial charge in [-0.3, -0.25) is 14.7 Å². The normalized spacial score (nSPS) is 31.3. The lowest BCUT2D eigenvalue weighted by atomic mass is 9.59. The average Bonchev–Trinajstić information content (AvgIpc) is 3.08. The number of likely N-dealkylation sites (tertiary alicyclic amines) is 1. The summed E-state index contributed by atoms with van der Waals surface area (Å²) >= 11 is 0. The van der Waals surface area contributed by atoms with Gasteiger partial charge in [0.05, 0.1) is 0 Å². The van der Waals surface area contributed by atoms with E-state index in [1.54, 1.807) is 0 Å². The van der Waals surface area contributed by atoms with Crippen LogP contribution in [0.2, 0.25) is 0 Å². The number of hydrogen-bond donors (Lipinski definition) is 1. The number of nitrogens with one attached hydrogen (secondary N) is 1. The van der Waals surface area contributed by atoms with E-state index in [1.165, 1.54) is 5.56 Å². The molecule has 162 valence electrons. The van der Waals surface area contributed by atoms with Crippen molar-refractivity contribution in [3.63, 3.8) is 0 Å². The molecule has 1 saturated carbocycles. The van der Waals surface area contributed by atoms with Gasteiger partial charge >= 0.3 is 0 Å². The van der Waals surface area contributed by atoms with E-state index in [1.807, 2.05) is 18.2 Å². The fraction of sp³-hybridized carbons (Fsp3) is 0.481. The van der Waals surface area contributed by atoms with E-state index in [9.17, 15) is 4.79 Å². The maximum absolute atomic E-state index is 13.8. The van der Waals surface area contributed by atoms with Crippen molar-refractivity contribution < 1.29 is 4.79 Å². The molecule has 6 rings (SSSR count). The Morgan fingerprint density at radius 3 is 2.45 bits per heavy atom. The lowest BCUT2D eigenvalue weighted by Gasteiger charge is -2.51. The van der Waals surface area contributed by atoms with Crippen molar-refractivity contribution in [3.05, 3.63) is 71.8 Å². The first kappa shape index (κ1) is 20.4. The van der Waals surface area contributed by atoms with Crippen molar-refractivity contribution in [2.24, 2.45) is 28.7 Å². The molecule has 1 aliphatic carbocycles. The third kappa shape index (κ3) is 3.71. The fourth-order valence-electron chi connectivity index (χ4n) is 6.28. The van der Waals surface area contributed by atoms with E-state index in [0.717, 1.165) is 31.5 Å². The molecular formula is C27H33N3O. The molecule has 0 aromatic heterocycles. The van der Waals surface area contributed by atoms with Gasteiger partial charge in [0, 0.05) is 43.7 Å². The van der Waals surface area contributed by atoms with Gasteiger partial charge in [-0.1, -0.05) is 74.5 Å². The Morgan fingerprint density at radius 1 is 1.10 bits per heavy atom. The van der Waals surface area contributed by atoms with Crippen LogP contribution in [0.4, 0.5) is 0 Å². The van der Waals surface area contributed by atoms with Gasteiger partial charge < -0.3 is 5.32 Å². The monoisotopic (exact) mass is 415 g/mol. The van der Waals surface area contributed by atoms with E-state index in [0.29, 0.717) is 30.3 Å². The van der Waals surface area contributed by atoms with Gasteiger partial charge in [-0.25, -0.2) is 0 Å². The molecule has 3 aliphatic heterocycles. The molecule has 4 aliphatic rings. The minimum atomic E-state index is -0.652. The topological polar surface area (TPSA) is 44.7 Å². The predicted octanol–water partition coefficient (Wildman–Crippen LogP) is 3.96. The minimum Gasteiger partial charge on any atom is -0.350 e. The Labute approximate surface area is 185 Å². The van der Waals surface area contributed by atoms with E-state index >= 15 is 0 Å². The third-order valence-corrected chi connectivity index (χ3v) is 7.49. The summed E-state index contributed by atoms with van der Waals surface area (Å²) in [7, 11) is 0. The van der Waals surface area contributed by atoms with Gasteiger partial charge in [-0.2, -0.15) is 0 Å². The maximum atomic E-state index is 13.8. The van der Waals surface area contributed by atoms with Crippen LogP contribution in [0.15, 0.2) is 65.7 Å². The van der Waals surface area contributed by atoms with E-state index in [-0.39, 0.29) is 11.8 Å². The van der Waals surface area contributed by atoms with Crippen molar-refractivity contribution in [3.8, 4) is 0 Å².